The molecule has 0 aliphatic carbocycles. The first-order chi connectivity index (χ1) is 13.1. The minimum Gasteiger partial charge on any atom is -0.497 e. The van der Waals surface area contributed by atoms with Gasteiger partial charge >= 0.3 is 5.63 Å². The second kappa shape index (κ2) is 7.24. The smallest absolute Gasteiger partial charge is 0.336 e. The molecule has 27 heavy (non-hydrogen) atoms. The summed E-state index contributed by atoms with van der Waals surface area (Å²) in [6.45, 7) is 2.03. The highest BCUT2D eigenvalue weighted by atomic mass is 32.2. The van der Waals surface area contributed by atoms with Crippen molar-refractivity contribution in [2.24, 2.45) is 0 Å². The van der Waals surface area contributed by atoms with Gasteiger partial charge in [-0.2, -0.15) is 4.68 Å². The quantitative estimate of drug-likeness (QED) is 0.388. The zero-order valence-corrected chi connectivity index (χ0v) is 15.6. The van der Waals surface area contributed by atoms with Crippen LogP contribution in [0.25, 0.3) is 16.7 Å². The average molecular weight is 380 g/mol. The molecule has 0 N–H and O–H groups in total. The maximum Gasteiger partial charge on any atom is 0.336 e. The summed E-state index contributed by atoms with van der Waals surface area (Å²) >= 11 is 1.45. The molecule has 2 heterocycles. The van der Waals surface area contributed by atoms with Crippen molar-refractivity contribution in [3.05, 3.63) is 70.1 Å². The van der Waals surface area contributed by atoms with Gasteiger partial charge in [-0.15, -0.1) is 5.10 Å². The lowest BCUT2D eigenvalue weighted by atomic mass is 10.1. The summed E-state index contributed by atoms with van der Waals surface area (Å²) in [7, 11) is 1.57. The number of tetrazole rings is 1. The molecule has 0 unspecified atom stereocenters. The number of rotatable bonds is 5. The average Bonchev–Trinajstić information content (AvgIpc) is 3.14. The Labute approximate surface area is 159 Å². The number of aromatic nitrogens is 4. The Morgan fingerprint density at radius 2 is 1.96 bits per heavy atom. The van der Waals surface area contributed by atoms with Gasteiger partial charge in [0.15, 0.2) is 0 Å². The highest BCUT2D eigenvalue weighted by Gasteiger charge is 2.12. The minimum absolute atomic E-state index is 0.399. The van der Waals surface area contributed by atoms with Gasteiger partial charge in [0, 0.05) is 23.3 Å². The summed E-state index contributed by atoms with van der Waals surface area (Å²) in [4.78, 5) is 11.9. The molecule has 136 valence electrons. The van der Waals surface area contributed by atoms with Crippen molar-refractivity contribution in [2.75, 3.05) is 7.11 Å². The molecule has 8 heteroatoms. The van der Waals surface area contributed by atoms with E-state index in [-0.39, 0.29) is 0 Å². The van der Waals surface area contributed by atoms with E-state index in [0.717, 1.165) is 16.6 Å². The van der Waals surface area contributed by atoms with Gasteiger partial charge in [-0.25, -0.2) is 4.79 Å². The fourth-order valence-corrected chi connectivity index (χ4v) is 3.60. The molecule has 0 saturated carbocycles. The van der Waals surface area contributed by atoms with Crippen molar-refractivity contribution in [3.63, 3.8) is 0 Å². The Balaban J connectivity index is 1.64. The number of fused-ring (bicyclic) bond motifs is 1. The summed E-state index contributed by atoms with van der Waals surface area (Å²) in [5, 5.41) is 13.5. The molecule has 0 aliphatic rings. The van der Waals surface area contributed by atoms with Crippen LogP contribution in [0.3, 0.4) is 0 Å². The third-order valence-corrected chi connectivity index (χ3v) is 5.08. The number of benzene rings is 2. The van der Waals surface area contributed by atoms with Gasteiger partial charge in [0.25, 0.3) is 0 Å². The predicted molar refractivity (Wildman–Crippen MR) is 102 cm³/mol. The number of methoxy groups -OCH3 is 1. The highest BCUT2D eigenvalue weighted by molar-refractivity contribution is 7.98. The second-order valence-electron chi connectivity index (χ2n) is 5.95. The standard InChI is InChI=1S/C19H16N4O3S/c1-12-3-5-14(6-4-12)23-19(20-21-22-23)27-11-13-9-18(24)26-17-10-15(25-2)7-8-16(13)17/h3-10H,11H2,1-2H3. The van der Waals surface area contributed by atoms with Gasteiger partial charge in [-0.3, -0.25) is 0 Å². The lowest BCUT2D eigenvalue weighted by molar-refractivity contribution is 0.414. The van der Waals surface area contributed by atoms with Gasteiger partial charge in [0.05, 0.1) is 12.8 Å². The fraction of sp³-hybridized carbons (Fsp3) is 0.158. The SMILES string of the molecule is COc1ccc2c(CSc3nnnn3-c3ccc(C)cc3)cc(=O)oc2c1. The highest BCUT2D eigenvalue weighted by Crippen LogP contribution is 2.28. The maximum atomic E-state index is 11.9. The monoisotopic (exact) mass is 380 g/mol. The molecule has 0 radical (unpaired) electrons. The largest absolute Gasteiger partial charge is 0.497 e. The van der Waals surface area contributed by atoms with E-state index < -0.39 is 5.63 Å². The van der Waals surface area contributed by atoms with Crippen LogP contribution in [0.4, 0.5) is 0 Å². The van der Waals surface area contributed by atoms with Crippen molar-refractivity contribution in [2.45, 2.75) is 17.8 Å². The molecule has 0 saturated heterocycles. The summed E-state index contributed by atoms with van der Waals surface area (Å²) in [5.41, 5.74) is 3.00. The van der Waals surface area contributed by atoms with Crippen LogP contribution in [0.5, 0.6) is 5.75 Å². The Bertz CT molecular complexity index is 1150. The molecular formula is C19H16N4O3S. The molecular weight excluding hydrogens is 364 g/mol. The summed E-state index contributed by atoms with van der Waals surface area (Å²) < 4.78 is 12.2. The van der Waals surface area contributed by atoms with Gasteiger partial charge in [0.1, 0.15) is 11.3 Å². The van der Waals surface area contributed by atoms with Crippen LogP contribution in [0.15, 0.2) is 62.9 Å². The predicted octanol–water partition coefficient (Wildman–Crippen LogP) is 3.38. The van der Waals surface area contributed by atoms with Crippen LogP contribution in [0.1, 0.15) is 11.1 Å². The van der Waals surface area contributed by atoms with Crippen molar-refractivity contribution < 1.29 is 9.15 Å². The molecule has 4 aromatic rings. The minimum atomic E-state index is -0.399. The molecule has 0 bridgehead atoms. The third-order valence-electron chi connectivity index (χ3n) is 4.11. The molecule has 0 amide bonds. The van der Waals surface area contributed by atoms with Crippen LogP contribution < -0.4 is 10.4 Å². The number of ether oxygens (including phenoxy) is 1. The van der Waals surface area contributed by atoms with Crippen molar-refractivity contribution in [1.29, 1.82) is 0 Å². The van der Waals surface area contributed by atoms with E-state index in [9.17, 15) is 4.79 Å². The zero-order chi connectivity index (χ0) is 18.8. The van der Waals surface area contributed by atoms with Gasteiger partial charge in [-0.05, 0) is 47.2 Å². The molecule has 7 nitrogen and oxygen atoms in total. The van der Waals surface area contributed by atoms with E-state index in [1.54, 1.807) is 17.9 Å². The number of aryl methyl sites for hydroxylation is 1. The van der Waals surface area contributed by atoms with Gasteiger partial charge in [-0.1, -0.05) is 29.5 Å². The summed E-state index contributed by atoms with van der Waals surface area (Å²) in [6.07, 6.45) is 0. The van der Waals surface area contributed by atoms with Crippen LogP contribution in [-0.2, 0) is 5.75 Å². The van der Waals surface area contributed by atoms with Crippen molar-refractivity contribution in [1.82, 2.24) is 20.2 Å². The Morgan fingerprint density at radius 1 is 1.15 bits per heavy atom. The molecule has 0 atom stereocenters. The number of hydrogen-bond acceptors (Lipinski definition) is 7. The van der Waals surface area contributed by atoms with E-state index >= 15 is 0 Å². The molecule has 2 aromatic heterocycles. The van der Waals surface area contributed by atoms with E-state index in [0.29, 0.717) is 22.2 Å². The lowest BCUT2D eigenvalue weighted by Crippen LogP contribution is -2.02. The zero-order valence-electron chi connectivity index (χ0n) is 14.7. The topological polar surface area (TPSA) is 83.0 Å². The van der Waals surface area contributed by atoms with E-state index in [1.807, 2.05) is 43.3 Å². The molecule has 0 aliphatic heterocycles. The van der Waals surface area contributed by atoms with Crippen LogP contribution in [0.2, 0.25) is 0 Å². The molecule has 0 fully saturated rings. The lowest BCUT2D eigenvalue weighted by Gasteiger charge is -2.07. The Hall–Kier alpha value is -3.13. The molecule has 2 aromatic carbocycles. The third kappa shape index (κ3) is 3.56. The Kier molecular flexibility index (Phi) is 4.64. The first kappa shape index (κ1) is 17.3. The van der Waals surface area contributed by atoms with Gasteiger partial charge in [0.2, 0.25) is 5.16 Å². The molecule has 4 rings (SSSR count). The van der Waals surface area contributed by atoms with Crippen molar-refractivity contribution >= 4 is 22.7 Å². The number of hydrogen-bond donors (Lipinski definition) is 0. The maximum absolute atomic E-state index is 11.9. The first-order valence-electron chi connectivity index (χ1n) is 8.23. The number of nitrogens with zero attached hydrogens (tertiary/aromatic N) is 4. The summed E-state index contributed by atoms with van der Waals surface area (Å²) in [6, 6.07) is 14.9. The Morgan fingerprint density at radius 3 is 2.74 bits per heavy atom. The van der Waals surface area contributed by atoms with Gasteiger partial charge < -0.3 is 9.15 Å². The van der Waals surface area contributed by atoms with E-state index in [2.05, 4.69) is 15.5 Å². The summed E-state index contributed by atoms with van der Waals surface area (Å²) in [5.74, 6) is 1.17. The molecule has 0 spiro atoms. The van der Waals surface area contributed by atoms with Crippen LogP contribution in [-0.4, -0.2) is 27.3 Å². The number of thioether (sulfide) groups is 1. The van der Waals surface area contributed by atoms with Crippen molar-refractivity contribution in [3.8, 4) is 11.4 Å². The second-order valence-corrected chi connectivity index (χ2v) is 6.89. The van der Waals surface area contributed by atoms with Crippen LogP contribution >= 0.6 is 11.8 Å². The van der Waals surface area contributed by atoms with E-state index in [1.165, 1.54) is 23.4 Å². The first-order valence-corrected chi connectivity index (χ1v) is 9.21. The van der Waals surface area contributed by atoms with E-state index in [4.69, 9.17) is 9.15 Å². The fourth-order valence-electron chi connectivity index (χ4n) is 2.72. The normalized spacial score (nSPS) is 11.0. The van der Waals surface area contributed by atoms with Crippen LogP contribution in [0, 0.1) is 6.92 Å².